The average Bonchev–Trinajstić information content (AvgIpc) is 2.67. The summed E-state index contributed by atoms with van der Waals surface area (Å²) < 4.78 is 10.7. The predicted molar refractivity (Wildman–Crippen MR) is 105 cm³/mol. The molecule has 0 saturated carbocycles. The molecule has 5 nitrogen and oxygen atoms in total. The van der Waals surface area contributed by atoms with Crippen molar-refractivity contribution >= 4 is 11.7 Å². The fourth-order valence-electron chi connectivity index (χ4n) is 2.86. The molecule has 0 spiro atoms. The van der Waals surface area contributed by atoms with E-state index < -0.39 is 0 Å². The Labute approximate surface area is 160 Å². The van der Waals surface area contributed by atoms with Crippen molar-refractivity contribution in [2.75, 3.05) is 13.7 Å². The first-order valence-electron chi connectivity index (χ1n) is 9.14. The zero-order valence-electron chi connectivity index (χ0n) is 16.4. The fraction of sp³-hybridized carbons (Fsp3) is 0.364. The molecule has 144 valence electrons. The minimum Gasteiger partial charge on any atom is -0.496 e. The van der Waals surface area contributed by atoms with Gasteiger partial charge >= 0.3 is 0 Å². The molecule has 2 rings (SSSR count). The molecule has 1 atom stereocenters. The molecule has 5 heteroatoms. The summed E-state index contributed by atoms with van der Waals surface area (Å²) in [4.78, 5) is 24.5. The van der Waals surface area contributed by atoms with Crippen molar-refractivity contribution < 1.29 is 19.1 Å². The number of rotatable bonds is 9. The van der Waals surface area contributed by atoms with Crippen molar-refractivity contribution in [3.63, 3.8) is 0 Å². The highest BCUT2D eigenvalue weighted by Crippen LogP contribution is 2.26. The first-order chi connectivity index (χ1) is 12.9. The van der Waals surface area contributed by atoms with Crippen LogP contribution in [0.25, 0.3) is 0 Å². The fourth-order valence-corrected chi connectivity index (χ4v) is 2.86. The normalized spacial score (nSPS) is 11.6. The summed E-state index contributed by atoms with van der Waals surface area (Å²) in [5, 5.41) is 2.94. The Morgan fingerprint density at radius 1 is 1.07 bits per heavy atom. The second kappa shape index (κ2) is 9.76. The van der Waals surface area contributed by atoms with Gasteiger partial charge in [0.05, 0.1) is 19.8 Å². The summed E-state index contributed by atoms with van der Waals surface area (Å²) in [7, 11) is 1.61. The number of Topliss-reactive ketones (excluding diaryl/α,β-unsaturated/α-hetero) is 1. The van der Waals surface area contributed by atoms with Crippen LogP contribution in [0.4, 0.5) is 0 Å². The van der Waals surface area contributed by atoms with Gasteiger partial charge in [-0.15, -0.1) is 0 Å². The van der Waals surface area contributed by atoms with Crippen molar-refractivity contribution in [1.82, 2.24) is 5.32 Å². The van der Waals surface area contributed by atoms with Crippen molar-refractivity contribution in [2.24, 2.45) is 0 Å². The molecule has 27 heavy (non-hydrogen) atoms. The highest BCUT2D eigenvalue weighted by molar-refractivity contribution is 5.98. The largest absolute Gasteiger partial charge is 0.496 e. The molecule has 2 aromatic rings. The van der Waals surface area contributed by atoms with Gasteiger partial charge in [-0.2, -0.15) is 0 Å². The van der Waals surface area contributed by atoms with Crippen LogP contribution < -0.4 is 14.8 Å². The Kier molecular flexibility index (Phi) is 7.41. The SMILES string of the molecule is CCOc1ccc(C(=O)CCC(=O)N[C@H](C)c2cc(C)ccc2OC)cc1. The molecule has 0 aliphatic rings. The number of ketones is 1. The standard InChI is InChI=1S/C22H27NO4/c1-5-27-18-9-7-17(8-10-18)20(24)11-13-22(25)23-16(3)19-14-15(2)6-12-21(19)26-4/h6-10,12,14,16H,5,11,13H2,1-4H3,(H,23,25)/t16-/m1/s1. The van der Waals surface area contributed by atoms with E-state index in [1.54, 1.807) is 31.4 Å². The zero-order chi connectivity index (χ0) is 19.8. The second-order valence-electron chi connectivity index (χ2n) is 6.42. The molecule has 1 amide bonds. The lowest BCUT2D eigenvalue weighted by molar-refractivity contribution is -0.121. The van der Waals surface area contributed by atoms with Crippen LogP contribution in [0.5, 0.6) is 11.5 Å². The molecule has 0 fully saturated rings. The highest BCUT2D eigenvalue weighted by Gasteiger charge is 2.16. The zero-order valence-corrected chi connectivity index (χ0v) is 16.4. The molecule has 0 saturated heterocycles. The van der Waals surface area contributed by atoms with Gasteiger partial charge in [0.2, 0.25) is 5.91 Å². The smallest absolute Gasteiger partial charge is 0.220 e. The predicted octanol–water partition coefficient (Wildman–Crippen LogP) is 4.24. The van der Waals surface area contributed by atoms with E-state index in [9.17, 15) is 9.59 Å². The van der Waals surface area contributed by atoms with Gasteiger partial charge in [0.1, 0.15) is 11.5 Å². The summed E-state index contributed by atoms with van der Waals surface area (Å²) in [5.74, 6) is 1.24. The monoisotopic (exact) mass is 369 g/mol. The molecular formula is C22H27NO4. The third-order valence-corrected chi connectivity index (χ3v) is 4.30. The Hall–Kier alpha value is -2.82. The Morgan fingerprint density at radius 2 is 1.78 bits per heavy atom. The molecule has 0 heterocycles. The summed E-state index contributed by atoms with van der Waals surface area (Å²) in [6.07, 6.45) is 0.308. The van der Waals surface area contributed by atoms with Crippen LogP contribution in [0.3, 0.4) is 0 Å². The Balaban J connectivity index is 1.90. The van der Waals surface area contributed by atoms with Gasteiger partial charge in [-0.3, -0.25) is 9.59 Å². The lowest BCUT2D eigenvalue weighted by Gasteiger charge is -2.18. The van der Waals surface area contributed by atoms with Gasteiger partial charge in [-0.1, -0.05) is 17.7 Å². The van der Waals surface area contributed by atoms with Crippen LogP contribution in [0.1, 0.15) is 54.2 Å². The molecule has 0 aliphatic heterocycles. The number of nitrogens with one attached hydrogen (secondary N) is 1. The molecular weight excluding hydrogens is 342 g/mol. The molecule has 0 radical (unpaired) electrons. The van der Waals surface area contributed by atoms with E-state index in [-0.39, 0.29) is 30.6 Å². The number of benzene rings is 2. The number of hydrogen-bond donors (Lipinski definition) is 1. The third kappa shape index (κ3) is 5.84. The van der Waals surface area contributed by atoms with Crippen LogP contribution in [0, 0.1) is 6.92 Å². The van der Waals surface area contributed by atoms with E-state index in [1.807, 2.05) is 39.0 Å². The van der Waals surface area contributed by atoms with E-state index in [0.29, 0.717) is 12.2 Å². The van der Waals surface area contributed by atoms with Crippen molar-refractivity contribution in [2.45, 2.75) is 39.7 Å². The van der Waals surface area contributed by atoms with Gasteiger partial charge in [-0.05, 0) is 51.1 Å². The molecule has 0 aliphatic carbocycles. The number of ether oxygens (including phenoxy) is 2. The topological polar surface area (TPSA) is 64.6 Å². The average molecular weight is 369 g/mol. The summed E-state index contributed by atoms with van der Waals surface area (Å²) in [5.41, 5.74) is 2.60. The number of hydrogen-bond acceptors (Lipinski definition) is 4. The maximum atomic E-state index is 12.3. The van der Waals surface area contributed by atoms with Crippen LogP contribution >= 0.6 is 0 Å². The van der Waals surface area contributed by atoms with E-state index >= 15 is 0 Å². The maximum Gasteiger partial charge on any atom is 0.220 e. The van der Waals surface area contributed by atoms with Gasteiger partial charge in [-0.25, -0.2) is 0 Å². The van der Waals surface area contributed by atoms with E-state index in [2.05, 4.69) is 5.32 Å². The third-order valence-electron chi connectivity index (χ3n) is 4.30. The van der Waals surface area contributed by atoms with E-state index in [0.717, 1.165) is 22.6 Å². The minimum atomic E-state index is -0.201. The lowest BCUT2D eigenvalue weighted by atomic mass is 10.0. The van der Waals surface area contributed by atoms with Crippen molar-refractivity contribution in [1.29, 1.82) is 0 Å². The number of carbonyl (C=O) groups is 2. The quantitative estimate of drug-likeness (QED) is 0.672. The Bertz CT molecular complexity index is 783. The molecule has 1 N–H and O–H groups in total. The molecule has 0 unspecified atom stereocenters. The number of methoxy groups -OCH3 is 1. The highest BCUT2D eigenvalue weighted by atomic mass is 16.5. The van der Waals surface area contributed by atoms with Gasteiger partial charge in [0.25, 0.3) is 0 Å². The molecule has 0 bridgehead atoms. The van der Waals surface area contributed by atoms with Gasteiger partial charge in [0.15, 0.2) is 5.78 Å². The van der Waals surface area contributed by atoms with Crippen LogP contribution in [0.2, 0.25) is 0 Å². The van der Waals surface area contributed by atoms with Crippen LogP contribution in [-0.4, -0.2) is 25.4 Å². The first kappa shape index (κ1) is 20.5. The summed E-state index contributed by atoms with van der Waals surface area (Å²) in [6, 6.07) is 12.6. The van der Waals surface area contributed by atoms with Gasteiger partial charge < -0.3 is 14.8 Å². The maximum absolute atomic E-state index is 12.3. The number of carbonyl (C=O) groups excluding carboxylic acids is 2. The van der Waals surface area contributed by atoms with Gasteiger partial charge in [0, 0.05) is 24.0 Å². The Morgan fingerprint density at radius 3 is 2.41 bits per heavy atom. The number of aryl methyl sites for hydroxylation is 1. The second-order valence-corrected chi connectivity index (χ2v) is 6.42. The van der Waals surface area contributed by atoms with Crippen molar-refractivity contribution in [3.8, 4) is 11.5 Å². The minimum absolute atomic E-state index is 0.0611. The van der Waals surface area contributed by atoms with E-state index in [4.69, 9.17) is 9.47 Å². The van der Waals surface area contributed by atoms with Crippen LogP contribution in [-0.2, 0) is 4.79 Å². The number of amides is 1. The molecule has 2 aromatic carbocycles. The summed E-state index contributed by atoms with van der Waals surface area (Å²) >= 11 is 0. The lowest BCUT2D eigenvalue weighted by Crippen LogP contribution is -2.27. The van der Waals surface area contributed by atoms with Crippen molar-refractivity contribution in [3.05, 3.63) is 59.2 Å². The molecule has 0 aromatic heterocycles. The van der Waals surface area contributed by atoms with Crippen LogP contribution in [0.15, 0.2) is 42.5 Å². The summed E-state index contributed by atoms with van der Waals surface area (Å²) in [6.45, 7) is 6.39. The van der Waals surface area contributed by atoms with E-state index in [1.165, 1.54) is 0 Å². The first-order valence-corrected chi connectivity index (χ1v) is 9.14.